The molecule has 0 spiro atoms. The molecule has 4 rings (SSSR count). The second-order valence-corrected chi connectivity index (χ2v) is 8.46. The first kappa shape index (κ1) is 23.5. The van der Waals surface area contributed by atoms with Gasteiger partial charge in [-0.15, -0.1) is 0 Å². The SMILES string of the molecule is COC(Oc1cccc2c1CCCC2C(=O)N(Cc1ccccc1)Cc1ccccc1)C(=O)O. The third-order valence-corrected chi connectivity index (χ3v) is 6.16. The lowest BCUT2D eigenvalue weighted by molar-refractivity contribution is -0.166. The van der Waals surface area contributed by atoms with Crippen molar-refractivity contribution in [2.24, 2.45) is 0 Å². The first-order valence-electron chi connectivity index (χ1n) is 11.5. The fourth-order valence-electron chi connectivity index (χ4n) is 4.54. The molecule has 1 amide bonds. The third kappa shape index (κ3) is 5.46. The summed E-state index contributed by atoms with van der Waals surface area (Å²) in [5, 5.41) is 9.32. The summed E-state index contributed by atoms with van der Waals surface area (Å²) >= 11 is 0. The average molecular weight is 460 g/mol. The van der Waals surface area contributed by atoms with Gasteiger partial charge in [-0.2, -0.15) is 0 Å². The van der Waals surface area contributed by atoms with Gasteiger partial charge in [-0.1, -0.05) is 72.8 Å². The van der Waals surface area contributed by atoms with Gasteiger partial charge >= 0.3 is 5.97 Å². The van der Waals surface area contributed by atoms with Gasteiger partial charge < -0.3 is 19.5 Å². The minimum atomic E-state index is -1.39. The fraction of sp³-hybridized carbons (Fsp3) is 0.286. The van der Waals surface area contributed by atoms with E-state index in [1.807, 2.05) is 77.7 Å². The van der Waals surface area contributed by atoms with Gasteiger partial charge in [0.05, 0.1) is 5.92 Å². The molecule has 0 saturated carbocycles. The van der Waals surface area contributed by atoms with Gasteiger partial charge in [-0.25, -0.2) is 4.79 Å². The maximum absolute atomic E-state index is 13.9. The van der Waals surface area contributed by atoms with Crippen LogP contribution in [0.25, 0.3) is 0 Å². The van der Waals surface area contributed by atoms with E-state index in [0.717, 1.165) is 41.5 Å². The highest BCUT2D eigenvalue weighted by Crippen LogP contribution is 2.38. The van der Waals surface area contributed by atoms with Gasteiger partial charge in [0.1, 0.15) is 5.75 Å². The molecule has 0 bridgehead atoms. The van der Waals surface area contributed by atoms with Crippen LogP contribution in [-0.4, -0.2) is 35.3 Å². The average Bonchev–Trinajstić information content (AvgIpc) is 2.87. The van der Waals surface area contributed by atoms with Crippen LogP contribution < -0.4 is 4.74 Å². The molecule has 0 radical (unpaired) electrons. The summed E-state index contributed by atoms with van der Waals surface area (Å²) in [6.07, 6.45) is 0.888. The molecule has 34 heavy (non-hydrogen) atoms. The molecule has 0 aliphatic heterocycles. The highest BCUT2D eigenvalue weighted by Gasteiger charge is 2.32. The summed E-state index contributed by atoms with van der Waals surface area (Å²) in [5.41, 5.74) is 3.93. The minimum absolute atomic E-state index is 0.0623. The molecule has 0 fully saturated rings. The Morgan fingerprint density at radius 3 is 2.12 bits per heavy atom. The maximum Gasteiger partial charge on any atom is 0.373 e. The molecule has 3 aromatic rings. The fourth-order valence-corrected chi connectivity index (χ4v) is 4.54. The van der Waals surface area contributed by atoms with Crippen LogP contribution in [0.15, 0.2) is 78.9 Å². The molecule has 3 aromatic carbocycles. The molecule has 0 aromatic heterocycles. The summed E-state index contributed by atoms with van der Waals surface area (Å²) < 4.78 is 10.6. The second kappa shape index (κ2) is 11.0. The molecular weight excluding hydrogens is 430 g/mol. The van der Waals surface area contributed by atoms with Crippen LogP contribution in [0.1, 0.15) is 41.0 Å². The van der Waals surface area contributed by atoms with Crippen molar-refractivity contribution in [3.63, 3.8) is 0 Å². The number of methoxy groups -OCH3 is 1. The van der Waals surface area contributed by atoms with E-state index in [9.17, 15) is 14.7 Å². The standard InChI is InChI=1S/C28H29NO5/c1-33-28(27(31)32)34-25-17-9-14-22-23(25)15-8-16-24(22)26(30)29(18-20-10-4-2-5-11-20)19-21-12-6-3-7-13-21/h2-7,9-14,17,24,28H,8,15-16,18-19H2,1H3,(H,31,32). The third-order valence-electron chi connectivity index (χ3n) is 6.16. The van der Waals surface area contributed by atoms with Crippen molar-refractivity contribution in [1.29, 1.82) is 0 Å². The molecule has 6 nitrogen and oxygen atoms in total. The number of hydrogen-bond acceptors (Lipinski definition) is 4. The van der Waals surface area contributed by atoms with Crippen molar-refractivity contribution in [2.75, 3.05) is 7.11 Å². The number of carboxylic acid groups (broad SMARTS) is 1. The Hall–Kier alpha value is -3.64. The van der Waals surface area contributed by atoms with E-state index < -0.39 is 12.3 Å². The van der Waals surface area contributed by atoms with Crippen molar-refractivity contribution in [1.82, 2.24) is 4.90 Å². The van der Waals surface area contributed by atoms with Crippen molar-refractivity contribution in [2.45, 2.75) is 44.6 Å². The Morgan fingerprint density at radius 1 is 0.941 bits per heavy atom. The normalized spacial score (nSPS) is 15.7. The Labute approximate surface area is 199 Å². The van der Waals surface area contributed by atoms with E-state index in [4.69, 9.17) is 9.47 Å². The van der Waals surface area contributed by atoms with Crippen LogP contribution in [0, 0.1) is 0 Å². The van der Waals surface area contributed by atoms with Crippen molar-refractivity contribution >= 4 is 11.9 Å². The molecule has 2 atom stereocenters. The monoisotopic (exact) mass is 459 g/mol. The van der Waals surface area contributed by atoms with Crippen molar-refractivity contribution < 1.29 is 24.2 Å². The van der Waals surface area contributed by atoms with E-state index in [1.165, 1.54) is 7.11 Å². The van der Waals surface area contributed by atoms with Crippen LogP contribution in [0.5, 0.6) is 5.75 Å². The number of carboxylic acids is 1. The Kier molecular flexibility index (Phi) is 7.60. The molecule has 1 N–H and O–H groups in total. The molecule has 0 heterocycles. The number of benzene rings is 3. The summed E-state index contributed by atoms with van der Waals surface area (Å²) in [6.45, 7) is 1.03. The molecule has 176 valence electrons. The number of amides is 1. The summed E-state index contributed by atoms with van der Waals surface area (Å²) in [4.78, 5) is 27.2. The van der Waals surface area contributed by atoms with Gasteiger partial charge in [0.25, 0.3) is 6.29 Å². The minimum Gasteiger partial charge on any atom is -0.477 e. The lowest BCUT2D eigenvalue weighted by Crippen LogP contribution is -2.36. The quantitative estimate of drug-likeness (QED) is 0.467. The first-order valence-corrected chi connectivity index (χ1v) is 11.5. The Morgan fingerprint density at radius 2 is 1.56 bits per heavy atom. The number of ether oxygens (including phenoxy) is 2. The molecule has 1 aliphatic rings. The van der Waals surface area contributed by atoms with Gasteiger partial charge in [0.2, 0.25) is 5.91 Å². The highest BCUT2D eigenvalue weighted by atomic mass is 16.7. The van der Waals surface area contributed by atoms with E-state index in [2.05, 4.69) is 0 Å². The van der Waals surface area contributed by atoms with Gasteiger partial charge in [0.15, 0.2) is 0 Å². The Bertz CT molecular complexity index is 1070. The zero-order chi connectivity index (χ0) is 23.9. The topological polar surface area (TPSA) is 76.1 Å². The first-order chi connectivity index (χ1) is 16.6. The van der Waals surface area contributed by atoms with Gasteiger partial charge in [-0.3, -0.25) is 4.79 Å². The summed E-state index contributed by atoms with van der Waals surface area (Å²) in [5.74, 6) is -0.986. The number of nitrogens with zero attached hydrogens (tertiary/aromatic N) is 1. The molecule has 6 heteroatoms. The maximum atomic E-state index is 13.9. The predicted molar refractivity (Wildman–Crippen MR) is 128 cm³/mol. The molecular formula is C28H29NO5. The zero-order valence-electron chi connectivity index (χ0n) is 19.2. The van der Waals surface area contributed by atoms with E-state index in [-0.39, 0.29) is 11.8 Å². The summed E-state index contributed by atoms with van der Waals surface area (Å²) in [6, 6.07) is 25.5. The van der Waals surface area contributed by atoms with Gasteiger partial charge in [0, 0.05) is 20.2 Å². The van der Waals surface area contributed by atoms with Crippen LogP contribution in [0.4, 0.5) is 0 Å². The summed E-state index contributed by atoms with van der Waals surface area (Å²) in [7, 11) is 1.30. The lowest BCUT2D eigenvalue weighted by atomic mass is 9.81. The molecule has 2 unspecified atom stereocenters. The van der Waals surface area contributed by atoms with Crippen LogP contribution >= 0.6 is 0 Å². The smallest absolute Gasteiger partial charge is 0.373 e. The number of carbonyl (C=O) groups excluding carboxylic acids is 1. The number of rotatable bonds is 9. The number of carbonyl (C=O) groups is 2. The van der Waals surface area contributed by atoms with E-state index in [1.54, 1.807) is 6.07 Å². The molecule has 1 aliphatic carbocycles. The van der Waals surface area contributed by atoms with Crippen LogP contribution in [0.3, 0.4) is 0 Å². The number of hydrogen-bond donors (Lipinski definition) is 1. The van der Waals surface area contributed by atoms with E-state index in [0.29, 0.717) is 18.8 Å². The number of fused-ring (bicyclic) bond motifs is 1. The van der Waals surface area contributed by atoms with E-state index >= 15 is 0 Å². The largest absolute Gasteiger partial charge is 0.477 e. The lowest BCUT2D eigenvalue weighted by Gasteiger charge is -2.32. The zero-order valence-corrected chi connectivity index (χ0v) is 19.2. The predicted octanol–water partition coefficient (Wildman–Crippen LogP) is 4.77. The van der Waals surface area contributed by atoms with Gasteiger partial charge in [-0.05, 0) is 47.6 Å². The highest BCUT2D eigenvalue weighted by molar-refractivity contribution is 5.85. The molecule has 0 saturated heterocycles. The van der Waals surface area contributed by atoms with Crippen molar-refractivity contribution in [3.8, 4) is 5.75 Å². The number of aliphatic carboxylic acids is 1. The van der Waals surface area contributed by atoms with Crippen LogP contribution in [-0.2, 0) is 33.8 Å². The second-order valence-electron chi connectivity index (χ2n) is 8.46. The van der Waals surface area contributed by atoms with Crippen molar-refractivity contribution in [3.05, 3.63) is 101 Å². The van der Waals surface area contributed by atoms with Crippen LogP contribution in [0.2, 0.25) is 0 Å². The Balaban J connectivity index is 1.63.